The molecule has 1 saturated heterocycles. The van der Waals surface area contributed by atoms with Crippen LogP contribution in [0.5, 0.6) is 0 Å². The van der Waals surface area contributed by atoms with Crippen LogP contribution in [0, 0.1) is 5.41 Å². The third-order valence-corrected chi connectivity index (χ3v) is 3.67. The van der Waals surface area contributed by atoms with Crippen LogP contribution in [0.1, 0.15) is 53.4 Å². The van der Waals surface area contributed by atoms with Crippen molar-refractivity contribution >= 4 is 0 Å². The van der Waals surface area contributed by atoms with E-state index < -0.39 is 5.60 Å². The minimum atomic E-state index is -0.567. The predicted octanol–water partition coefficient (Wildman–Crippen LogP) is 2.32. The molecule has 1 heterocycles. The average molecular weight is 199 g/mol. The fourth-order valence-electron chi connectivity index (χ4n) is 1.88. The summed E-state index contributed by atoms with van der Waals surface area (Å²) in [5, 5.41) is 13.9. The first-order valence-electron chi connectivity index (χ1n) is 5.79. The van der Waals surface area contributed by atoms with Crippen LogP contribution in [0.15, 0.2) is 0 Å². The standard InChI is InChI=1S/C12H25NO/c1-11(2,3)12(4,14)9-10-7-5-6-8-13-10/h10,13-14H,5-9H2,1-4H3. The second-order valence-corrected chi connectivity index (χ2v) is 5.87. The maximum absolute atomic E-state index is 10.4. The van der Waals surface area contributed by atoms with Crippen LogP contribution < -0.4 is 5.32 Å². The van der Waals surface area contributed by atoms with Crippen molar-refractivity contribution in [2.75, 3.05) is 6.54 Å². The van der Waals surface area contributed by atoms with Crippen LogP contribution in [-0.4, -0.2) is 23.3 Å². The molecule has 2 nitrogen and oxygen atoms in total. The average Bonchev–Trinajstić information content (AvgIpc) is 2.03. The van der Waals surface area contributed by atoms with E-state index in [4.69, 9.17) is 0 Å². The lowest BCUT2D eigenvalue weighted by Crippen LogP contribution is -2.47. The summed E-state index contributed by atoms with van der Waals surface area (Å²) in [5.74, 6) is 0. The third kappa shape index (κ3) is 2.96. The van der Waals surface area contributed by atoms with E-state index in [9.17, 15) is 5.11 Å². The Balaban J connectivity index is 2.49. The van der Waals surface area contributed by atoms with Crippen molar-refractivity contribution < 1.29 is 5.11 Å². The quantitative estimate of drug-likeness (QED) is 0.715. The molecule has 0 aliphatic carbocycles. The van der Waals surface area contributed by atoms with E-state index in [0.29, 0.717) is 6.04 Å². The summed E-state index contributed by atoms with van der Waals surface area (Å²) in [6, 6.07) is 0.512. The largest absolute Gasteiger partial charge is 0.390 e. The summed E-state index contributed by atoms with van der Waals surface area (Å²) in [6.45, 7) is 9.40. The molecule has 1 aliphatic heterocycles. The van der Waals surface area contributed by atoms with Gasteiger partial charge in [0, 0.05) is 6.04 Å². The summed E-state index contributed by atoms with van der Waals surface area (Å²) in [5.41, 5.74) is -0.603. The summed E-state index contributed by atoms with van der Waals surface area (Å²) in [6.07, 6.45) is 4.68. The van der Waals surface area contributed by atoms with Crippen molar-refractivity contribution in [3.63, 3.8) is 0 Å². The molecule has 0 aromatic heterocycles. The van der Waals surface area contributed by atoms with Gasteiger partial charge in [-0.15, -0.1) is 0 Å². The van der Waals surface area contributed by atoms with Gasteiger partial charge >= 0.3 is 0 Å². The predicted molar refractivity (Wildman–Crippen MR) is 60.3 cm³/mol. The van der Waals surface area contributed by atoms with E-state index in [2.05, 4.69) is 26.1 Å². The summed E-state index contributed by atoms with van der Waals surface area (Å²) in [4.78, 5) is 0. The molecule has 0 bridgehead atoms. The molecule has 0 radical (unpaired) electrons. The second kappa shape index (κ2) is 4.19. The SMILES string of the molecule is CC(C)(C)C(C)(O)CC1CCCCN1. The van der Waals surface area contributed by atoms with Gasteiger partial charge in [0.05, 0.1) is 5.60 Å². The van der Waals surface area contributed by atoms with Crippen LogP contribution in [0.3, 0.4) is 0 Å². The highest BCUT2D eigenvalue weighted by atomic mass is 16.3. The number of aliphatic hydroxyl groups is 1. The maximum Gasteiger partial charge on any atom is 0.0682 e. The minimum Gasteiger partial charge on any atom is -0.390 e. The maximum atomic E-state index is 10.4. The Hall–Kier alpha value is -0.0800. The van der Waals surface area contributed by atoms with E-state index in [-0.39, 0.29) is 5.41 Å². The van der Waals surface area contributed by atoms with Crippen LogP contribution in [0.2, 0.25) is 0 Å². The van der Waals surface area contributed by atoms with Gasteiger partial charge < -0.3 is 10.4 Å². The van der Waals surface area contributed by atoms with Gasteiger partial charge in [0.25, 0.3) is 0 Å². The molecule has 0 aromatic rings. The summed E-state index contributed by atoms with van der Waals surface area (Å²) >= 11 is 0. The third-order valence-electron chi connectivity index (χ3n) is 3.67. The first-order valence-corrected chi connectivity index (χ1v) is 5.79. The van der Waals surface area contributed by atoms with Crippen molar-refractivity contribution in [2.24, 2.45) is 5.41 Å². The number of nitrogens with one attached hydrogen (secondary N) is 1. The summed E-state index contributed by atoms with van der Waals surface area (Å²) in [7, 11) is 0. The molecular formula is C12H25NO. The molecule has 1 fully saturated rings. The van der Waals surface area contributed by atoms with Crippen LogP contribution >= 0.6 is 0 Å². The zero-order valence-corrected chi connectivity index (χ0v) is 10.1. The summed E-state index contributed by atoms with van der Waals surface area (Å²) < 4.78 is 0. The van der Waals surface area contributed by atoms with Gasteiger partial charge in [-0.2, -0.15) is 0 Å². The second-order valence-electron chi connectivity index (χ2n) is 5.87. The van der Waals surface area contributed by atoms with E-state index in [1.165, 1.54) is 19.3 Å². The van der Waals surface area contributed by atoms with Gasteiger partial charge in [0.1, 0.15) is 0 Å². The molecule has 2 unspecified atom stereocenters. The smallest absolute Gasteiger partial charge is 0.0682 e. The van der Waals surface area contributed by atoms with Gasteiger partial charge in [0.2, 0.25) is 0 Å². The van der Waals surface area contributed by atoms with Crippen LogP contribution in [0.25, 0.3) is 0 Å². The first-order chi connectivity index (χ1) is 6.33. The Morgan fingerprint density at radius 1 is 1.21 bits per heavy atom. The Morgan fingerprint density at radius 2 is 1.86 bits per heavy atom. The van der Waals surface area contributed by atoms with E-state index in [0.717, 1.165) is 13.0 Å². The fraction of sp³-hybridized carbons (Fsp3) is 1.00. The van der Waals surface area contributed by atoms with Gasteiger partial charge in [-0.25, -0.2) is 0 Å². The topological polar surface area (TPSA) is 32.3 Å². The Bertz CT molecular complexity index is 175. The van der Waals surface area contributed by atoms with Crippen molar-refractivity contribution in [2.45, 2.75) is 65.0 Å². The fourth-order valence-corrected chi connectivity index (χ4v) is 1.88. The minimum absolute atomic E-state index is 0.0356. The molecule has 84 valence electrons. The molecule has 1 aliphatic rings. The molecule has 0 aromatic carbocycles. The molecular weight excluding hydrogens is 174 g/mol. The van der Waals surface area contributed by atoms with E-state index in [1.807, 2.05) is 6.92 Å². The van der Waals surface area contributed by atoms with E-state index in [1.54, 1.807) is 0 Å². The Labute approximate surface area is 88.1 Å². The highest BCUT2D eigenvalue weighted by Gasteiger charge is 2.37. The monoisotopic (exact) mass is 199 g/mol. The molecule has 2 N–H and O–H groups in total. The van der Waals surface area contributed by atoms with Gasteiger partial charge in [-0.3, -0.25) is 0 Å². The van der Waals surface area contributed by atoms with Gasteiger partial charge in [-0.1, -0.05) is 27.2 Å². The molecule has 2 atom stereocenters. The lowest BCUT2D eigenvalue weighted by atomic mass is 9.73. The zero-order valence-electron chi connectivity index (χ0n) is 10.1. The molecule has 0 spiro atoms. The van der Waals surface area contributed by atoms with Crippen molar-refractivity contribution in [1.29, 1.82) is 0 Å². The van der Waals surface area contributed by atoms with Crippen LogP contribution in [0.4, 0.5) is 0 Å². The number of rotatable bonds is 2. The van der Waals surface area contributed by atoms with Crippen molar-refractivity contribution in [3.8, 4) is 0 Å². The van der Waals surface area contributed by atoms with Crippen molar-refractivity contribution in [3.05, 3.63) is 0 Å². The molecule has 0 saturated carbocycles. The molecule has 1 rings (SSSR count). The Kier molecular flexibility index (Phi) is 3.59. The molecule has 14 heavy (non-hydrogen) atoms. The number of hydrogen-bond donors (Lipinski definition) is 2. The lowest BCUT2D eigenvalue weighted by molar-refractivity contribution is -0.0565. The lowest BCUT2D eigenvalue weighted by Gasteiger charge is -2.40. The first kappa shape index (κ1) is 12.0. The zero-order chi connectivity index (χ0) is 10.8. The highest BCUT2D eigenvalue weighted by molar-refractivity contribution is 4.91. The van der Waals surface area contributed by atoms with Crippen molar-refractivity contribution in [1.82, 2.24) is 5.32 Å². The number of piperidine rings is 1. The van der Waals surface area contributed by atoms with Gasteiger partial charge in [-0.05, 0) is 38.1 Å². The van der Waals surface area contributed by atoms with Gasteiger partial charge in [0.15, 0.2) is 0 Å². The normalized spacial score (nSPS) is 28.5. The van der Waals surface area contributed by atoms with Crippen LogP contribution in [-0.2, 0) is 0 Å². The molecule has 2 heteroatoms. The number of hydrogen-bond acceptors (Lipinski definition) is 2. The highest BCUT2D eigenvalue weighted by Crippen LogP contribution is 2.34. The van der Waals surface area contributed by atoms with E-state index >= 15 is 0 Å². The molecule has 0 amide bonds. The Morgan fingerprint density at radius 3 is 2.29 bits per heavy atom.